The summed E-state index contributed by atoms with van der Waals surface area (Å²) in [5.41, 5.74) is 0. The van der Waals surface area contributed by atoms with E-state index < -0.39 is 6.10 Å². The zero-order valence-electron chi connectivity index (χ0n) is 11.6. The van der Waals surface area contributed by atoms with Gasteiger partial charge in [-0.1, -0.05) is 56.6 Å². The Labute approximate surface area is 112 Å². The minimum Gasteiger partial charge on any atom is -0.377 e. The van der Waals surface area contributed by atoms with Gasteiger partial charge in [-0.15, -0.1) is 0 Å². The highest BCUT2D eigenvalue weighted by Gasteiger charge is 1.90. The van der Waals surface area contributed by atoms with Crippen LogP contribution in [0.15, 0.2) is 24.3 Å². The minimum atomic E-state index is -0.694. The molecule has 1 heteroatoms. The highest BCUT2D eigenvalue weighted by Crippen LogP contribution is 2.05. The molecule has 0 saturated heterocycles. The first-order valence-corrected chi connectivity index (χ1v) is 6.78. The molecule has 0 aliphatic carbocycles. The van der Waals surface area contributed by atoms with Crippen molar-refractivity contribution >= 4 is 0 Å². The van der Waals surface area contributed by atoms with Gasteiger partial charge in [0.25, 0.3) is 0 Å². The van der Waals surface area contributed by atoms with Gasteiger partial charge in [0.05, 0.1) is 0 Å². The fraction of sp³-hybridized carbons (Fsp3) is 0.529. The quantitative estimate of drug-likeness (QED) is 0.410. The molecule has 0 bridgehead atoms. The molecule has 0 aliphatic rings. The summed E-state index contributed by atoms with van der Waals surface area (Å²) < 4.78 is 0. The van der Waals surface area contributed by atoms with Gasteiger partial charge in [-0.25, -0.2) is 0 Å². The van der Waals surface area contributed by atoms with Crippen molar-refractivity contribution < 1.29 is 5.11 Å². The van der Waals surface area contributed by atoms with E-state index in [-0.39, 0.29) is 0 Å². The van der Waals surface area contributed by atoms with Crippen LogP contribution in [0.25, 0.3) is 0 Å². The lowest BCUT2D eigenvalue weighted by molar-refractivity contribution is 0.280. The molecule has 0 aliphatic heterocycles. The van der Waals surface area contributed by atoms with Gasteiger partial charge in [-0.05, 0) is 43.8 Å². The van der Waals surface area contributed by atoms with Gasteiger partial charge in [0.15, 0.2) is 0 Å². The third kappa shape index (κ3) is 12.6. The maximum atomic E-state index is 9.50. The van der Waals surface area contributed by atoms with Gasteiger partial charge in [0.2, 0.25) is 0 Å². The van der Waals surface area contributed by atoms with E-state index in [1.807, 2.05) is 19.1 Å². The fourth-order valence-corrected chi connectivity index (χ4v) is 1.41. The molecule has 0 unspecified atom stereocenters. The molecule has 0 aromatic carbocycles. The molecular weight excluding hydrogens is 220 g/mol. The number of aliphatic hydroxyl groups is 1. The SMILES string of the molecule is C/C=C\C#CC#C[C@@H](O)/C=C\CCCCCCC. The number of rotatable bonds is 7. The predicted octanol–water partition coefficient (Wildman–Crippen LogP) is 3.85. The Morgan fingerprint density at radius 1 is 1.11 bits per heavy atom. The smallest absolute Gasteiger partial charge is 0.134 e. The van der Waals surface area contributed by atoms with Crippen LogP contribution in [0.3, 0.4) is 0 Å². The maximum absolute atomic E-state index is 9.50. The van der Waals surface area contributed by atoms with E-state index in [0.29, 0.717) is 0 Å². The lowest BCUT2D eigenvalue weighted by atomic mass is 10.1. The Morgan fingerprint density at radius 2 is 1.89 bits per heavy atom. The van der Waals surface area contributed by atoms with E-state index in [9.17, 15) is 5.11 Å². The third-order valence-electron chi connectivity index (χ3n) is 2.40. The molecule has 0 saturated carbocycles. The first-order chi connectivity index (χ1) is 8.81. The standard InChI is InChI=1S/C17H24O/c1-3-5-7-9-10-12-14-16-17(18)15-13-11-8-6-4-2/h4,6,14,16-18H,3,5,7,9-10,12H2,1-2H3/b6-4-,16-14-/t17-/m1/s1. The summed E-state index contributed by atoms with van der Waals surface area (Å²) in [4.78, 5) is 0. The molecule has 98 valence electrons. The van der Waals surface area contributed by atoms with E-state index in [1.54, 1.807) is 12.2 Å². The lowest BCUT2D eigenvalue weighted by Gasteiger charge is -1.96. The van der Waals surface area contributed by atoms with Crippen LogP contribution in [0.4, 0.5) is 0 Å². The number of hydrogen-bond acceptors (Lipinski definition) is 1. The van der Waals surface area contributed by atoms with Crippen LogP contribution in [0, 0.1) is 23.7 Å². The Morgan fingerprint density at radius 3 is 2.61 bits per heavy atom. The Bertz CT molecular complexity index is 355. The van der Waals surface area contributed by atoms with E-state index in [4.69, 9.17) is 0 Å². The third-order valence-corrected chi connectivity index (χ3v) is 2.40. The number of aliphatic hydroxyl groups excluding tert-OH is 1. The average molecular weight is 244 g/mol. The largest absolute Gasteiger partial charge is 0.377 e. The second-order valence-electron chi connectivity index (χ2n) is 4.11. The fourth-order valence-electron chi connectivity index (χ4n) is 1.41. The van der Waals surface area contributed by atoms with E-state index >= 15 is 0 Å². The molecule has 1 N–H and O–H groups in total. The minimum absolute atomic E-state index is 0.694. The summed E-state index contributed by atoms with van der Waals surface area (Å²) in [6.45, 7) is 4.12. The van der Waals surface area contributed by atoms with Crippen LogP contribution >= 0.6 is 0 Å². The van der Waals surface area contributed by atoms with Crippen LogP contribution in [0.1, 0.15) is 52.4 Å². The zero-order valence-corrected chi connectivity index (χ0v) is 11.6. The predicted molar refractivity (Wildman–Crippen MR) is 78.9 cm³/mol. The van der Waals surface area contributed by atoms with E-state index in [2.05, 4.69) is 30.6 Å². The highest BCUT2D eigenvalue weighted by molar-refractivity contribution is 5.32. The van der Waals surface area contributed by atoms with Crippen LogP contribution in [-0.2, 0) is 0 Å². The summed E-state index contributed by atoms with van der Waals surface area (Å²) in [6, 6.07) is 0. The summed E-state index contributed by atoms with van der Waals surface area (Å²) in [7, 11) is 0. The number of unbranched alkanes of at least 4 members (excludes halogenated alkanes) is 5. The van der Waals surface area contributed by atoms with Crippen molar-refractivity contribution in [2.24, 2.45) is 0 Å². The molecular formula is C17H24O. The van der Waals surface area contributed by atoms with Crippen molar-refractivity contribution in [3.63, 3.8) is 0 Å². The summed E-state index contributed by atoms with van der Waals surface area (Å²) in [5.74, 6) is 10.7. The molecule has 1 nitrogen and oxygen atoms in total. The van der Waals surface area contributed by atoms with Gasteiger partial charge in [-0.3, -0.25) is 0 Å². The van der Waals surface area contributed by atoms with E-state index in [0.717, 1.165) is 6.42 Å². The summed E-state index contributed by atoms with van der Waals surface area (Å²) in [6.07, 6.45) is 14.0. The molecule has 0 aromatic rings. The molecule has 0 radical (unpaired) electrons. The molecule has 18 heavy (non-hydrogen) atoms. The monoisotopic (exact) mass is 244 g/mol. The Hall–Kier alpha value is -1.44. The normalized spacial score (nSPS) is 11.9. The first kappa shape index (κ1) is 16.6. The Kier molecular flexibility index (Phi) is 12.5. The lowest BCUT2D eigenvalue weighted by Crippen LogP contribution is -1.96. The van der Waals surface area contributed by atoms with Gasteiger partial charge < -0.3 is 5.11 Å². The number of allylic oxidation sites excluding steroid dienone is 3. The molecule has 0 rings (SSSR count). The maximum Gasteiger partial charge on any atom is 0.134 e. The molecule has 0 amide bonds. The first-order valence-electron chi connectivity index (χ1n) is 6.78. The van der Waals surface area contributed by atoms with Crippen LogP contribution in [0.2, 0.25) is 0 Å². The molecule has 0 heterocycles. The molecule has 1 atom stereocenters. The topological polar surface area (TPSA) is 20.2 Å². The van der Waals surface area contributed by atoms with Crippen LogP contribution in [-0.4, -0.2) is 11.2 Å². The molecule has 0 fully saturated rings. The van der Waals surface area contributed by atoms with Gasteiger partial charge in [-0.2, -0.15) is 0 Å². The average Bonchev–Trinajstić information content (AvgIpc) is 2.37. The van der Waals surface area contributed by atoms with Gasteiger partial charge >= 0.3 is 0 Å². The second-order valence-corrected chi connectivity index (χ2v) is 4.11. The van der Waals surface area contributed by atoms with Crippen LogP contribution in [0.5, 0.6) is 0 Å². The van der Waals surface area contributed by atoms with Crippen molar-refractivity contribution in [2.45, 2.75) is 58.5 Å². The summed E-state index contributed by atoms with van der Waals surface area (Å²) in [5, 5.41) is 9.50. The number of hydrogen-bond donors (Lipinski definition) is 1. The summed E-state index contributed by atoms with van der Waals surface area (Å²) >= 11 is 0. The van der Waals surface area contributed by atoms with Gasteiger partial charge in [0, 0.05) is 0 Å². The van der Waals surface area contributed by atoms with Crippen molar-refractivity contribution in [2.75, 3.05) is 0 Å². The molecule has 0 aromatic heterocycles. The second kappa shape index (κ2) is 13.6. The van der Waals surface area contributed by atoms with Crippen molar-refractivity contribution in [3.8, 4) is 23.7 Å². The Balaban J connectivity index is 3.68. The van der Waals surface area contributed by atoms with Crippen molar-refractivity contribution in [1.29, 1.82) is 0 Å². The highest BCUT2D eigenvalue weighted by atomic mass is 16.3. The van der Waals surface area contributed by atoms with Gasteiger partial charge in [0.1, 0.15) is 6.10 Å². The molecule has 0 spiro atoms. The van der Waals surface area contributed by atoms with Crippen molar-refractivity contribution in [1.82, 2.24) is 0 Å². The van der Waals surface area contributed by atoms with Crippen LogP contribution < -0.4 is 0 Å². The van der Waals surface area contributed by atoms with E-state index in [1.165, 1.54) is 32.1 Å². The van der Waals surface area contributed by atoms with Crippen molar-refractivity contribution in [3.05, 3.63) is 24.3 Å². The zero-order chi connectivity index (χ0) is 13.5.